The molecule has 0 aliphatic rings. The first kappa shape index (κ1) is 15.5. The van der Waals surface area contributed by atoms with Crippen molar-refractivity contribution in [2.24, 2.45) is 0 Å². The summed E-state index contributed by atoms with van der Waals surface area (Å²) in [5.74, 6) is -7.33. The Kier molecular flexibility index (Phi) is 4.68. The summed E-state index contributed by atoms with van der Waals surface area (Å²) in [6.45, 7) is 0. The minimum atomic E-state index is -1.99. The lowest BCUT2D eigenvalue weighted by Crippen LogP contribution is -2.26. The zero-order valence-electron chi connectivity index (χ0n) is 10.4. The first-order valence-corrected chi connectivity index (χ1v) is 5.12. The van der Waals surface area contributed by atoms with Gasteiger partial charge in [-0.3, -0.25) is 19.7 Å². The summed E-state index contributed by atoms with van der Waals surface area (Å²) in [5, 5.41) is 10.5. The van der Waals surface area contributed by atoms with Crippen LogP contribution in [0.2, 0.25) is 0 Å². The molecule has 20 heavy (non-hydrogen) atoms. The Bertz CT molecular complexity index is 535. The molecule has 1 aromatic rings. The van der Waals surface area contributed by atoms with E-state index in [1.165, 1.54) is 0 Å². The fourth-order valence-electron chi connectivity index (χ4n) is 1.52. The highest BCUT2D eigenvalue weighted by molar-refractivity contribution is 6.00. The number of non-ortho nitro benzene ring substituents is 1. The molecule has 9 heteroatoms. The van der Waals surface area contributed by atoms with Gasteiger partial charge in [0.2, 0.25) is 0 Å². The highest BCUT2D eigenvalue weighted by Crippen LogP contribution is 2.28. The van der Waals surface area contributed by atoms with Crippen molar-refractivity contribution in [1.29, 1.82) is 0 Å². The molecule has 0 aromatic heterocycles. The monoisotopic (exact) mass is 289 g/mol. The Morgan fingerprint density at radius 1 is 1.15 bits per heavy atom. The number of rotatable bonds is 4. The van der Waals surface area contributed by atoms with Gasteiger partial charge in [-0.2, -0.15) is 0 Å². The number of methoxy groups -OCH3 is 2. The number of ether oxygens (including phenoxy) is 2. The second-order valence-corrected chi connectivity index (χ2v) is 3.56. The molecule has 0 N–H and O–H groups in total. The van der Waals surface area contributed by atoms with Gasteiger partial charge in [0.15, 0.2) is 5.92 Å². The van der Waals surface area contributed by atoms with Crippen LogP contribution in [-0.4, -0.2) is 31.1 Å². The molecule has 0 unspecified atom stereocenters. The zero-order valence-corrected chi connectivity index (χ0v) is 10.4. The van der Waals surface area contributed by atoms with Crippen molar-refractivity contribution in [3.8, 4) is 0 Å². The van der Waals surface area contributed by atoms with Crippen LogP contribution in [-0.2, 0) is 19.1 Å². The van der Waals surface area contributed by atoms with E-state index in [2.05, 4.69) is 9.47 Å². The number of hydrogen-bond donors (Lipinski definition) is 0. The molecule has 0 saturated carbocycles. The van der Waals surface area contributed by atoms with Crippen LogP contribution >= 0.6 is 0 Å². The molecule has 1 aromatic carbocycles. The third kappa shape index (κ3) is 2.87. The van der Waals surface area contributed by atoms with Gasteiger partial charge in [-0.1, -0.05) is 0 Å². The summed E-state index contributed by atoms with van der Waals surface area (Å²) < 4.78 is 36.1. The lowest BCUT2D eigenvalue weighted by Gasteiger charge is -2.14. The predicted molar refractivity (Wildman–Crippen MR) is 59.8 cm³/mol. The van der Waals surface area contributed by atoms with Crippen molar-refractivity contribution in [2.75, 3.05) is 14.2 Å². The second kappa shape index (κ2) is 6.04. The second-order valence-electron chi connectivity index (χ2n) is 3.56. The molecule has 0 spiro atoms. The first-order chi connectivity index (χ1) is 9.33. The van der Waals surface area contributed by atoms with E-state index < -0.39 is 45.7 Å². The van der Waals surface area contributed by atoms with Crippen LogP contribution in [0.1, 0.15) is 11.5 Å². The van der Waals surface area contributed by atoms with Crippen molar-refractivity contribution in [2.45, 2.75) is 5.92 Å². The standard InChI is InChI=1S/C11H9F2NO6/c1-19-10(15)9(11(16)20-2)8-6(12)3-5(14(17)18)4-7(8)13/h3-4,9H,1-2H3. The van der Waals surface area contributed by atoms with E-state index in [9.17, 15) is 28.5 Å². The van der Waals surface area contributed by atoms with Crippen LogP contribution in [0, 0.1) is 21.7 Å². The number of nitro groups is 1. The molecule has 0 radical (unpaired) electrons. The van der Waals surface area contributed by atoms with Crippen molar-refractivity contribution in [1.82, 2.24) is 0 Å². The third-order valence-corrected chi connectivity index (χ3v) is 2.44. The molecule has 0 amide bonds. The molecular weight excluding hydrogens is 280 g/mol. The number of carbonyl (C=O) groups excluding carboxylic acids is 2. The molecule has 0 aliphatic heterocycles. The van der Waals surface area contributed by atoms with Gasteiger partial charge < -0.3 is 9.47 Å². The van der Waals surface area contributed by atoms with Gasteiger partial charge in [0.1, 0.15) is 11.6 Å². The van der Waals surface area contributed by atoms with E-state index in [1.807, 2.05) is 0 Å². The van der Waals surface area contributed by atoms with Crippen molar-refractivity contribution in [3.05, 3.63) is 39.4 Å². The fourth-order valence-corrected chi connectivity index (χ4v) is 1.52. The average molecular weight is 289 g/mol. The van der Waals surface area contributed by atoms with E-state index >= 15 is 0 Å². The molecule has 7 nitrogen and oxygen atoms in total. The lowest BCUT2D eigenvalue weighted by molar-refractivity contribution is -0.385. The maximum absolute atomic E-state index is 13.8. The Labute approximate surface area is 111 Å². The van der Waals surface area contributed by atoms with Gasteiger partial charge in [-0.15, -0.1) is 0 Å². The largest absolute Gasteiger partial charge is 0.468 e. The third-order valence-electron chi connectivity index (χ3n) is 2.44. The topological polar surface area (TPSA) is 95.7 Å². The minimum Gasteiger partial charge on any atom is -0.468 e. The summed E-state index contributed by atoms with van der Waals surface area (Å²) in [6.07, 6.45) is 0. The van der Waals surface area contributed by atoms with E-state index in [0.717, 1.165) is 14.2 Å². The molecule has 108 valence electrons. The summed E-state index contributed by atoms with van der Waals surface area (Å²) in [5.41, 5.74) is -1.81. The molecule has 0 fully saturated rings. The van der Waals surface area contributed by atoms with Gasteiger partial charge in [0, 0.05) is 5.56 Å². The Balaban J connectivity index is 3.45. The molecule has 0 bridgehead atoms. The normalized spacial score (nSPS) is 10.2. The minimum absolute atomic E-state index is 0.400. The number of nitro benzene ring substituents is 1. The Morgan fingerprint density at radius 3 is 1.85 bits per heavy atom. The van der Waals surface area contributed by atoms with Gasteiger partial charge in [0.25, 0.3) is 5.69 Å². The summed E-state index contributed by atoms with van der Waals surface area (Å²) in [4.78, 5) is 32.3. The van der Waals surface area contributed by atoms with Gasteiger partial charge in [0.05, 0.1) is 31.3 Å². The molecular formula is C11H9F2NO6. The van der Waals surface area contributed by atoms with Gasteiger partial charge in [-0.25, -0.2) is 8.78 Å². The first-order valence-electron chi connectivity index (χ1n) is 5.12. The van der Waals surface area contributed by atoms with Gasteiger partial charge >= 0.3 is 11.9 Å². The number of carbonyl (C=O) groups is 2. The van der Waals surface area contributed by atoms with E-state index in [-0.39, 0.29) is 0 Å². The number of halogens is 2. The zero-order chi connectivity index (χ0) is 15.4. The van der Waals surface area contributed by atoms with Crippen LogP contribution in [0.3, 0.4) is 0 Å². The number of esters is 2. The van der Waals surface area contributed by atoms with Gasteiger partial charge in [-0.05, 0) is 0 Å². The highest BCUT2D eigenvalue weighted by Gasteiger charge is 2.36. The summed E-state index contributed by atoms with van der Waals surface area (Å²) in [7, 11) is 1.83. The van der Waals surface area contributed by atoms with Crippen molar-refractivity contribution in [3.63, 3.8) is 0 Å². The fraction of sp³-hybridized carbons (Fsp3) is 0.273. The van der Waals surface area contributed by atoms with Crippen LogP contribution in [0.5, 0.6) is 0 Å². The lowest BCUT2D eigenvalue weighted by atomic mass is 9.97. The maximum Gasteiger partial charge on any atom is 0.324 e. The Morgan fingerprint density at radius 2 is 1.55 bits per heavy atom. The average Bonchev–Trinajstić information content (AvgIpc) is 2.40. The number of hydrogen-bond acceptors (Lipinski definition) is 6. The molecule has 0 heterocycles. The highest BCUT2D eigenvalue weighted by atomic mass is 19.1. The Hall–Kier alpha value is -2.58. The molecule has 0 saturated heterocycles. The van der Waals surface area contributed by atoms with Crippen LogP contribution < -0.4 is 0 Å². The number of benzene rings is 1. The van der Waals surface area contributed by atoms with Crippen LogP contribution in [0.15, 0.2) is 12.1 Å². The SMILES string of the molecule is COC(=O)C(C(=O)OC)c1c(F)cc([N+](=O)[O-])cc1F. The predicted octanol–water partition coefficient (Wildman–Crippen LogP) is 1.30. The molecule has 1 rings (SSSR count). The molecule has 0 atom stereocenters. The number of nitrogens with zero attached hydrogens (tertiary/aromatic N) is 1. The van der Waals surface area contributed by atoms with E-state index in [4.69, 9.17) is 0 Å². The molecule has 0 aliphatic carbocycles. The van der Waals surface area contributed by atoms with Crippen molar-refractivity contribution >= 4 is 17.6 Å². The van der Waals surface area contributed by atoms with E-state index in [1.54, 1.807) is 0 Å². The van der Waals surface area contributed by atoms with Crippen LogP contribution in [0.4, 0.5) is 14.5 Å². The smallest absolute Gasteiger partial charge is 0.324 e. The van der Waals surface area contributed by atoms with Crippen molar-refractivity contribution < 1.29 is 32.8 Å². The van der Waals surface area contributed by atoms with E-state index in [0.29, 0.717) is 12.1 Å². The quantitative estimate of drug-likeness (QED) is 0.359. The summed E-state index contributed by atoms with van der Waals surface area (Å²) >= 11 is 0. The summed E-state index contributed by atoms with van der Waals surface area (Å²) in [6, 6.07) is 0.800. The van der Waals surface area contributed by atoms with Crippen LogP contribution in [0.25, 0.3) is 0 Å². The maximum atomic E-state index is 13.8.